The summed E-state index contributed by atoms with van der Waals surface area (Å²) in [7, 11) is -1.02. The minimum atomic E-state index is -3.82. The molecule has 0 aliphatic heterocycles. The van der Waals surface area contributed by atoms with Crippen LogP contribution in [0.5, 0.6) is 5.75 Å². The molecule has 9 nitrogen and oxygen atoms in total. The molecule has 0 atom stereocenters. The molecular formula is C27H27N3O6S2. The zero-order valence-electron chi connectivity index (χ0n) is 21.3. The summed E-state index contributed by atoms with van der Waals surface area (Å²) in [5.41, 5.74) is 2.47. The van der Waals surface area contributed by atoms with E-state index in [4.69, 9.17) is 9.47 Å². The monoisotopic (exact) mass is 553 g/mol. The molecule has 1 amide bonds. The van der Waals surface area contributed by atoms with Crippen LogP contribution >= 0.6 is 11.3 Å². The second kappa shape index (κ2) is 11.2. The smallest absolute Gasteiger partial charge is 0.325 e. The van der Waals surface area contributed by atoms with Gasteiger partial charge in [-0.1, -0.05) is 31.3 Å². The molecule has 3 aromatic carbocycles. The van der Waals surface area contributed by atoms with Crippen LogP contribution in [0.25, 0.3) is 10.2 Å². The Morgan fingerprint density at radius 2 is 1.68 bits per heavy atom. The molecule has 0 saturated heterocycles. The minimum absolute atomic E-state index is 0.0778. The number of thiazole rings is 1. The zero-order chi connectivity index (χ0) is 27.4. The predicted octanol–water partition coefficient (Wildman–Crippen LogP) is 4.55. The van der Waals surface area contributed by atoms with Crippen molar-refractivity contribution in [1.82, 2.24) is 4.57 Å². The number of hydrogen-bond donors (Lipinski definition) is 1. The fraction of sp³-hybridized carbons (Fsp3) is 0.222. The number of benzene rings is 3. The number of amides is 1. The summed E-state index contributed by atoms with van der Waals surface area (Å²) in [5, 5.41) is 0. The quantitative estimate of drug-likeness (QED) is 0.320. The van der Waals surface area contributed by atoms with Crippen molar-refractivity contribution in [3.63, 3.8) is 0 Å². The molecule has 38 heavy (non-hydrogen) atoms. The van der Waals surface area contributed by atoms with Gasteiger partial charge in [-0.2, -0.15) is 4.99 Å². The van der Waals surface area contributed by atoms with Crippen molar-refractivity contribution in [2.24, 2.45) is 4.99 Å². The molecule has 1 aromatic heterocycles. The van der Waals surface area contributed by atoms with Crippen LogP contribution in [0.4, 0.5) is 5.69 Å². The van der Waals surface area contributed by atoms with E-state index < -0.39 is 21.9 Å². The molecule has 0 unspecified atom stereocenters. The van der Waals surface area contributed by atoms with Gasteiger partial charge in [0.1, 0.15) is 12.3 Å². The summed E-state index contributed by atoms with van der Waals surface area (Å²) in [5.74, 6) is -0.121. The van der Waals surface area contributed by atoms with Crippen LogP contribution in [-0.4, -0.2) is 39.1 Å². The Bertz CT molecular complexity index is 1650. The Kier molecular flexibility index (Phi) is 7.98. The molecule has 1 N–H and O–H groups in total. The highest BCUT2D eigenvalue weighted by Gasteiger charge is 2.16. The topological polar surface area (TPSA) is 116 Å². The summed E-state index contributed by atoms with van der Waals surface area (Å²) < 4.78 is 40.3. The van der Waals surface area contributed by atoms with Gasteiger partial charge in [-0.3, -0.25) is 14.3 Å². The van der Waals surface area contributed by atoms with Crippen molar-refractivity contribution in [1.29, 1.82) is 0 Å². The van der Waals surface area contributed by atoms with E-state index in [2.05, 4.69) is 23.6 Å². The Hall–Kier alpha value is -3.96. The number of carbonyl (C=O) groups is 2. The third kappa shape index (κ3) is 5.95. The second-order valence-corrected chi connectivity index (χ2v) is 11.4. The van der Waals surface area contributed by atoms with Gasteiger partial charge in [-0.25, -0.2) is 8.42 Å². The SMILES string of the molecule is COC(=O)Cn1c(=NC(=O)c2ccc(NS(=O)(=O)c3ccc(OC)cc3)cc2)sc2cc(C(C)C)ccc21. The van der Waals surface area contributed by atoms with Crippen molar-refractivity contribution in [3.8, 4) is 5.75 Å². The molecule has 0 bridgehead atoms. The number of anilines is 1. The van der Waals surface area contributed by atoms with Crippen molar-refractivity contribution >= 4 is 49.1 Å². The van der Waals surface area contributed by atoms with Crippen LogP contribution in [0.3, 0.4) is 0 Å². The molecule has 1 heterocycles. The maximum Gasteiger partial charge on any atom is 0.325 e. The standard InChI is InChI=1S/C27H27N3O6S2/c1-17(2)19-7-14-23-24(15-19)37-27(30(23)16-25(31)36-4)28-26(32)18-5-8-20(9-6-18)29-38(33,34)22-12-10-21(35-3)11-13-22/h5-15,17,29H,16H2,1-4H3. The van der Waals surface area contributed by atoms with Crippen LogP contribution in [-0.2, 0) is 26.1 Å². The van der Waals surface area contributed by atoms with E-state index in [9.17, 15) is 18.0 Å². The lowest BCUT2D eigenvalue weighted by Gasteiger charge is -2.09. The summed E-state index contributed by atoms with van der Waals surface area (Å²) in [6, 6.07) is 17.9. The Labute approximate surface area is 224 Å². The first-order valence-corrected chi connectivity index (χ1v) is 14.0. The summed E-state index contributed by atoms with van der Waals surface area (Å²) in [4.78, 5) is 29.8. The maximum atomic E-state index is 13.0. The van der Waals surface area contributed by atoms with Gasteiger partial charge in [0, 0.05) is 11.3 Å². The lowest BCUT2D eigenvalue weighted by atomic mass is 10.0. The van der Waals surface area contributed by atoms with Crippen LogP contribution in [0, 0.1) is 0 Å². The molecule has 0 fully saturated rings. The first-order valence-electron chi connectivity index (χ1n) is 11.7. The first kappa shape index (κ1) is 27.1. The lowest BCUT2D eigenvalue weighted by molar-refractivity contribution is -0.141. The van der Waals surface area contributed by atoms with Gasteiger partial charge >= 0.3 is 5.97 Å². The Morgan fingerprint density at radius 1 is 1.00 bits per heavy atom. The van der Waals surface area contributed by atoms with Crippen LogP contribution in [0.1, 0.15) is 35.7 Å². The largest absolute Gasteiger partial charge is 0.497 e. The number of methoxy groups -OCH3 is 2. The number of nitrogens with zero attached hydrogens (tertiary/aromatic N) is 2. The number of ether oxygens (including phenoxy) is 2. The van der Waals surface area contributed by atoms with Crippen LogP contribution < -0.4 is 14.3 Å². The fourth-order valence-corrected chi connectivity index (χ4v) is 5.82. The van der Waals surface area contributed by atoms with Crippen molar-refractivity contribution in [2.75, 3.05) is 18.9 Å². The molecule has 0 radical (unpaired) electrons. The number of hydrogen-bond acceptors (Lipinski definition) is 7. The molecule has 4 aromatic rings. The number of nitrogens with one attached hydrogen (secondary N) is 1. The molecule has 0 aliphatic rings. The van der Waals surface area contributed by atoms with Crippen molar-refractivity contribution in [3.05, 3.63) is 82.7 Å². The van der Waals surface area contributed by atoms with Gasteiger partial charge in [0.25, 0.3) is 15.9 Å². The molecule has 4 rings (SSSR count). The van der Waals surface area contributed by atoms with E-state index in [-0.39, 0.29) is 17.0 Å². The van der Waals surface area contributed by atoms with Gasteiger partial charge in [0.2, 0.25) is 0 Å². The van der Waals surface area contributed by atoms with Gasteiger partial charge in [0.15, 0.2) is 4.80 Å². The average Bonchev–Trinajstić information content (AvgIpc) is 3.24. The lowest BCUT2D eigenvalue weighted by Crippen LogP contribution is -2.22. The third-order valence-electron chi connectivity index (χ3n) is 5.84. The number of sulfonamides is 1. The summed E-state index contributed by atoms with van der Waals surface area (Å²) >= 11 is 1.31. The van der Waals surface area contributed by atoms with E-state index in [0.717, 1.165) is 15.8 Å². The van der Waals surface area contributed by atoms with Crippen LogP contribution in [0.2, 0.25) is 0 Å². The van der Waals surface area contributed by atoms with E-state index in [1.54, 1.807) is 16.7 Å². The maximum absolute atomic E-state index is 13.0. The minimum Gasteiger partial charge on any atom is -0.497 e. The molecule has 11 heteroatoms. The van der Waals surface area contributed by atoms with E-state index in [0.29, 0.717) is 22.2 Å². The number of esters is 1. The van der Waals surface area contributed by atoms with E-state index in [1.165, 1.54) is 62.0 Å². The first-order chi connectivity index (χ1) is 18.1. The van der Waals surface area contributed by atoms with Gasteiger partial charge in [-0.15, -0.1) is 0 Å². The van der Waals surface area contributed by atoms with Gasteiger partial charge in [-0.05, 0) is 72.1 Å². The highest BCUT2D eigenvalue weighted by Crippen LogP contribution is 2.24. The number of fused-ring (bicyclic) bond motifs is 1. The molecule has 0 saturated carbocycles. The second-order valence-electron chi connectivity index (χ2n) is 8.70. The van der Waals surface area contributed by atoms with E-state index >= 15 is 0 Å². The fourth-order valence-electron chi connectivity index (χ4n) is 3.68. The predicted molar refractivity (Wildman–Crippen MR) is 146 cm³/mol. The number of aromatic nitrogens is 1. The van der Waals surface area contributed by atoms with Crippen molar-refractivity contribution in [2.45, 2.75) is 31.2 Å². The van der Waals surface area contributed by atoms with Gasteiger partial charge < -0.3 is 14.0 Å². The Balaban J connectivity index is 1.62. The number of carbonyl (C=O) groups excluding carboxylic acids is 2. The third-order valence-corrected chi connectivity index (χ3v) is 8.28. The van der Waals surface area contributed by atoms with Gasteiger partial charge in [0.05, 0.1) is 29.3 Å². The molecule has 0 aliphatic carbocycles. The normalized spacial score (nSPS) is 12.1. The summed E-state index contributed by atoms with van der Waals surface area (Å²) in [6.07, 6.45) is 0. The summed E-state index contributed by atoms with van der Waals surface area (Å²) in [6.45, 7) is 4.09. The highest BCUT2D eigenvalue weighted by atomic mass is 32.2. The Morgan fingerprint density at radius 3 is 2.29 bits per heavy atom. The molecular weight excluding hydrogens is 526 g/mol. The molecule has 0 spiro atoms. The molecule has 198 valence electrons. The van der Waals surface area contributed by atoms with Crippen molar-refractivity contribution < 1.29 is 27.5 Å². The van der Waals surface area contributed by atoms with E-state index in [1.807, 2.05) is 18.2 Å². The zero-order valence-corrected chi connectivity index (χ0v) is 22.9. The average molecular weight is 554 g/mol. The highest BCUT2D eigenvalue weighted by molar-refractivity contribution is 7.92. The van der Waals surface area contributed by atoms with Crippen LogP contribution in [0.15, 0.2) is 76.6 Å². The number of rotatable bonds is 8.